The number of carbonyl (C=O) groups is 6. The van der Waals surface area contributed by atoms with E-state index in [4.69, 9.17) is 45.0 Å². The monoisotopic (exact) mass is 1850 g/mol. The van der Waals surface area contributed by atoms with Gasteiger partial charge in [-0.15, -0.1) is 0 Å². The molecule has 129 heavy (non-hydrogen) atoms. The molecular formula is C96H147F12N9O12. The van der Waals surface area contributed by atoms with E-state index in [2.05, 4.69) is 120 Å². The summed E-state index contributed by atoms with van der Waals surface area (Å²) >= 11 is 0. The van der Waals surface area contributed by atoms with Gasteiger partial charge in [0.25, 0.3) is 0 Å². The summed E-state index contributed by atoms with van der Waals surface area (Å²) in [6, 6.07) is 0. The lowest BCUT2D eigenvalue weighted by Gasteiger charge is -2.28. The van der Waals surface area contributed by atoms with Crippen LogP contribution in [0.15, 0.2) is 15.3 Å². The van der Waals surface area contributed by atoms with Crippen molar-refractivity contribution in [2.75, 3.05) is 39.6 Å². The van der Waals surface area contributed by atoms with Crippen molar-refractivity contribution < 1.29 is 110 Å². The van der Waals surface area contributed by atoms with Crippen LogP contribution in [0.3, 0.4) is 0 Å². The molecular weight excluding hydrogens is 1700 g/mol. The Morgan fingerprint density at radius 3 is 0.651 bits per heavy atom. The Morgan fingerprint density at radius 2 is 0.434 bits per heavy atom. The highest BCUT2D eigenvalue weighted by molar-refractivity contribution is 5.92. The molecule has 7 atom stereocenters. The van der Waals surface area contributed by atoms with Gasteiger partial charge in [0.2, 0.25) is 0 Å². The number of halogens is 12. The molecule has 7 unspecified atom stereocenters. The van der Waals surface area contributed by atoms with Gasteiger partial charge in [0.05, 0.1) is 55.9 Å². The van der Waals surface area contributed by atoms with Crippen molar-refractivity contribution in [2.24, 2.45) is 90.8 Å². The average Bonchev–Trinajstić information content (AvgIpc) is 0.791. The molecule has 0 aromatic heterocycles. The summed E-state index contributed by atoms with van der Waals surface area (Å²) in [5.41, 5.74) is 14.5. The van der Waals surface area contributed by atoms with Crippen LogP contribution in [0, 0.1) is 145 Å². The average molecular weight is 1850 g/mol. The molecule has 0 spiro atoms. The largest absolute Gasteiger partial charge is 0.465 e. The smallest absolute Gasteiger partial charge is 0.344 e. The van der Waals surface area contributed by atoms with Crippen LogP contribution in [-0.2, 0) is 42.8 Å². The zero-order chi connectivity index (χ0) is 97.9. The van der Waals surface area contributed by atoms with E-state index >= 15 is 0 Å². The first-order valence-corrected chi connectivity index (χ1v) is 46.3. The summed E-state index contributed by atoms with van der Waals surface area (Å²) in [7, 11) is 0. The number of nitrogens with zero attached hydrogens (tertiary/aromatic N) is 9. The van der Waals surface area contributed by atoms with Crippen LogP contribution in [0.4, 0.5) is 69.7 Å². The molecule has 3 aromatic carbocycles. The summed E-state index contributed by atoms with van der Waals surface area (Å²) in [6.45, 7) is 41.2. The quantitative estimate of drug-likeness (QED) is 0.00744. The number of benzene rings is 3. The number of unbranched alkanes of at least 4 members (excludes halogenated alkanes) is 15. The molecule has 3 rings (SSSR count). The molecule has 3 aromatic rings. The number of rotatable bonds is 62. The van der Waals surface area contributed by atoms with Crippen molar-refractivity contribution in [3.63, 3.8) is 0 Å². The van der Waals surface area contributed by atoms with Gasteiger partial charge in [-0.1, -0.05) is 221 Å². The van der Waals surface area contributed by atoms with Crippen LogP contribution in [0.2, 0.25) is 0 Å². The Labute approximate surface area is 757 Å². The highest BCUT2D eigenvalue weighted by Gasteiger charge is 2.37. The first kappa shape index (κ1) is 119. The molecule has 0 fully saturated rings. The summed E-state index contributed by atoms with van der Waals surface area (Å²) in [6.07, 6.45) is 31.3. The number of carbonyl (C=O) groups excluding carboxylic acids is 6. The van der Waals surface area contributed by atoms with Gasteiger partial charge >= 0.3 is 35.8 Å². The Hall–Kier alpha value is -8.43. The Kier molecular flexibility index (Phi) is 57.8. The van der Waals surface area contributed by atoms with Crippen LogP contribution in [-0.4, -0.2) is 75.5 Å². The molecule has 0 heterocycles. The summed E-state index contributed by atoms with van der Waals surface area (Å²) < 4.78 is 199. The maximum atomic E-state index is 14.1. The van der Waals surface area contributed by atoms with Crippen molar-refractivity contribution in [3.05, 3.63) is 118 Å². The number of azide groups is 3. The van der Waals surface area contributed by atoms with Crippen LogP contribution in [0.1, 0.15) is 381 Å². The predicted octanol–water partition coefficient (Wildman–Crippen LogP) is 31.4. The number of esters is 6. The minimum atomic E-state index is -1.97. The second kappa shape index (κ2) is 62.8. The zero-order valence-corrected chi connectivity index (χ0v) is 80.0. The van der Waals surface area contributed by atoms with Crippen LogP contribution >= 0.6 is 0 Å². The Bertz CT molecular complexity index is 3840. The molecule has 0 aliphatic rings. The number of hydrogen-bond donors (Lipinski definition) is 0. The molecule has 0 aliphatic heterocycles. The van der Waals surface area contributed by atoms with Crippen molar-refractivity contribution >= 4 is 52.9 Å². The third-order valence-corrected chi connectivity index (χ3v) is 22.6. The van der Waals surface area contributed by atoms with Crippen molar-refractivity contribution in [1.29, 1.82) is 0 Å². The van der Waals surface area contributed by atoms with E-state index in [1.165, 1.54) is 6.42 Å². The van der Waals surface area contributed by atoms with Gasteiger partial charge in [0.15, 0.2) is 69.8 Å². The fourth-order valence-electron chi connectivity index (χ4n) is 16.5. The van der Waals surface area contributed by atoms with Crippen LogP contribution < -0.4 is 0 Å². The molecule has 0 saturated heterocycles. The minimum Gasteiger partial charge on any atom is -0.465 e. The molecule has 0 amide bonds. The number of ether oxygens (including phenoxy) is 6. The zero-order valence-electron chi connectivity index (χ0n) is 80.0. The SMILES string of the molecule is CC(C)CC(C)CC(C)(C)C(=O)OCCCCCCCC(C)CCCCOC(=O)c1c(F)c(F)c(N=[N+]=[N-])c(F)c1F.CC(C)CC(C)CC(C)(C)C(=O)OCCCCCCCC(C)CCCCOC(=O)c1c(F)c(F)c(N=[N+]=[N-])c(F)c1F.CC(C)CC(C)CC(C)CC(C)(C)C(=O)OCCCCCCCC(C)CCCCOC(=O)c1c(F)c(F)c(N=[N+]=[N-])c(F)c1F. The normalized spacial score (nSPS) is 13.3. The lowest BCUT2D eigenvalue weighted by molar-refractivity contribution is -0.155. The molecule has 0 bridgehead atoms. The van der Waals surface area contributed by atoms with Crippen molar-refractivity contribution in [2.45, 2.75) is 350 Å². The highest BCUT2D eigenvalue weighted by atomic mass is 19.2. The third-order valence-electron chi connectivity index (χ3n) is 22.6. The minimum absolute atomic E-state index is 0.113. The maximum Gasteiger partial charge on any atom is 0.344 e. The Balaban J connectivity index is 0.000000968. The third kappa shape index (κ3) is 45.5. The van der Waals surface area contributed by atoms with Crippen LogP contribution in [0.5, 0.6) is 0 Å². The first-order valence-electron chi connectivity index (χ1n) is 46.3. The molecule has 21 nitrogen and oxygen atoms in total. The van der Waals surface area contributed by atoms with Gasteiger partial charge in [-0.2, -0.15) is 0 Å². The summed E-state index contributed by atoms with van der Waals surface area (Å²) in [4.78, 5) is 80.0. The van der Waals surface area contributed by atoms with Crippen molar-refractivity contribution in [3.8, 4) is 0 Å². The van der Waals surface area contributed by atoms with Gasteiger partial charge in [0, 0.05) is 14.7 Å². The molecule has 0 aliphatic carbocycles. The van der Waals surface area contributed by atoms with Gasteiger partial charge in [-0.3, -0.25) is 14.4 Å². The molecule has 0 saturated carbocycles. The van der Waals surface area contributed by atoms with E-state index in [9.17, 15) is 81.5 Å². The lowest BCUT2D eigenvalue weighted by atomic mass is 9.79. The van der Waals surface area contributed by atoms with E-state index in [-0.39, 0.29) is 37.7 Å². The van der Waals surface area contributed by atoms with E-state index in [0.717, 1.165) is 173 Å². The maximum absolute atomic E-state index is 14.1. The summed E-state index contributed by atoms with van der Waals surface area (Å²) in [5, 5.41) is 7.75. The second-order valence-corrected chi connectivity index (χ2v) is 38.6. The van der Waals surface area contributed by atoms with Crippen LogP contribution in [0.25, 0.3) is 31.3 Å². The van der Waals surface area contributed by atoms with Gasteiger partial charge in [-0.05, 0) is 220 Å². The van der Waals surface area contributed by atoms with Gasteiger partial charge in [-0.25, -0.2) is 67.1 Å². The molecule has 732 valence electrons. The van der Waals surface area contributed by atoms with Gasteiger partial charge < -0.3 is 28.4 Å². The fraction of sp³-hybridized carbons (Fsp3) is 0.750. The van der Waals surface area contributed by atoms with E-state index in [0.29, 0.717) is 118 Å². The molecule has 0 radical (unpaired) electrons. The van der Waals surface area contributed by atoms with Gasteiger partial charge in [0.1, 0.15) is 33.8 Å². The summed E-state index contributed by atoms with van der Waals surface area (Å²) in [5.74, 6) is -23.2. The lowest BCUT2D eigenvalue weighted by Crippen LogP contribution is -2.29. The fourth-order valence-corrected chi connectivity index (χ4v) is 16.5. The van der Waals surface area contributed by atoms with Crippen molar-refractivity contribution in [1.82, 2.24) is 0 Å². The molecule has 0 N–H and O–H groups in total. The first-order chi connectivity index (χ1) is 60.6. The predicted molar refractivity (Wildman–Crippen MR) is 476 cm³/mol. The highest BCUT2D eigenvalue weighted by Crippen LogP contribution is 2.38. The van der Waals surface area contributed by atoms with E-state index < -0.39 is 138 Å². The van der Waals surface area contributed by atoms with E-state index in [1.807, 2.05) is 41.5 Å². The standard InChI is InChI=1S/C34H53F4N3O4.2C31H47F4N3O4/c1-22(2)19-24(4)20-25(5)21-34(6,7)33(43)45-18-13-10-8-9-11-15-23(3)16-12-14-17-44-32(42)26-27(35)29(37)31(40-41-39)30(38)28(26)36;2*1-20(2)18-22(4)19-31(5,6)30(40)42-17-12-9-7-8-10-14-21(3)15-11-13-16-41-29(39)23-24(32)26(34)28(37-38-36)27(35)25(23)33/h22-25H,8-21H2,1-7H3;2*20-22H,7-19H2,1-6H3. The second-order valence-electron chi connectivity index (χ2n) is 38.6. The number of hydrogen-bond acceptors (Lipinski definition) is 15. The van der Waals surface area contributed by atoms with E-state index in [1.54, 1.807) is 0 Å². The molecule has 33 heteroatoms. The Morgan fingerprint density at radius 1 is 0.256 bits per heavy atom. The topological polar surface area (TPSA) is 304 Å².